The summed E-state index contributed by atoms with van der Waals surface area (Å²) in [6.07, 6.45) is -7.36. The van der Waals surface area contributed by atoms with E-state index in [0.717, 1.165) is 0 Å². The molecule has 0 radical (unpaired) electrons. The largest absolute Gasteiger partial charge is 0.486 e. The summed E-state index contributed by atoms with van der Waals surface area (Å²) in [4.78, 5) is 0. The van der Waals surface area contributed by atoms with Gasteiger partial charge in [-0.2, -0.15) is 13.2 Å². The minimum atomic E-state index is -4.61. The van der Waals surface area contributed by atoms with Gasteiger partial charge < -0.3 is 19.9 Å². The number of rotatable bonds is 4. The molecule has 0 bridgehead atoms. The third kappa shape index (κ3) is 3.74. The fourth-order valence-corrected chi connectivity index (χ4v) is 1.66. The molecule has 0 saturated carbocycles. The van der Waals surface area contributed by atoms with Crippen LogP contribution in [-0.4, -0.2) is 43.2 Å². The quantitative estimate of drug-likeness (QED) is 0.872. The van der Waals surface area contributed by atoms with Crippen LogP contribution in [0.4, 0.5) is 13.2 Å². The van der Waals surface area contributed by atoms with Crippen LogP contribution in [0.1, 0.15) is 0 Å². The highest BCUT2D eigenvalue weighted by Crippen LogP contribution is 2.30. The molecule has 2 N–H and O–H groups in total. The number of para-hydroxylation sites is 2. The van der Waals surface area contributed by atoms with E-state index in [2.05, 4.69) is 5.32 Å². The molecule has 4 nitrogen and oxygen atoms in total. The molecule has 1 aliphatic heterocycles. The number of nitrogens with one attached hydrogen (secondary N) is 1. The average Bonchev–Trinajstić information content (AvgIpc) is 2.37. The summed E-state index contributed by atoms with van der Waals surface area (Å²) >= 11 is 0. The second-order valence-electron chi connectivity index (χ2n) is 4.21. The van der Waals surface area contributed by atoms with Crippen molar-refractivity contribution in [3.05, 3.63) is 24.3 Å². The molecule has 0 fully saturated rings. The maximum Gasteiger partial charge on any atom is 0.415 e. The lowest BCUT2D eigenvalue weighted by molar-refractivity contribution is -0.202. The molecule has 0 spiro atoms. The molecule has 0 amide bonds. The number of aliphatic hydroxyl groups excluding tert-OH is 1. The molecule has 0 aromatic heterocycles. The van der Waals surface area contributed by atoms with Gasteiger partial charge in [-0.05, 0) is 12.1 Å². The van der Waals surface area contributed by atoms with Gasteiger partial charge in [-0.1, -0.05) is 12.1 Å². The second-order valence-corrected chi connectivity index (χ2v) is 4.21. The number of aliphatic hydroxyl groups is 1. The van der Waals surface area contributed by atoms with E-state index >= 15 is 0 Å². The van der Waals surface area contributed by atoms with Gasteiger partial charge >= 0.3 is 6.18 Å². The van der Waals surface area contributed by atoms with E-state index in [1.54, 1.807) is 24.3 Å². The van der Waals surface area contributed by atoms with Gasteiger partial charge in [0.2, 0.25) is 0 Å². The molecular weight excluding hydrogens is 263 g/mol. The number of hydrogen-bond acceptors (Lipinski definition) is 4. The summed E-state index contributed by atoms with van der Waals surface area (Å²) in [5, 5.41) is 11.3. The van der Waals surface area contributed by atoms with Crippen molar-refractivity contribution >= 4 is 0 Å². The fourth-order valence-electron chi connectivity index (χ4n) is 1.66. The van der Waals surface area contributed by atoms with Crippen LogP contribution >= 0.6 is 0 Å². The Kier molecular flexibility index (Phi) is 4.16. The van der Waals surface area contributed by atoms with Crippen LogP contribution in [-0.2, 0) is 0 Å². The number of halogens is 3. The molecule has 19 heavy (non-hydrogen) atoms. The van der Waals surface area contributed by atoms with E-state index in [0.29, 0.717) is 11.5 Å². The number of hydrogen-bond donors (Lipinski definition) is 2. The molecule has 0 saturated heterocycles. The maximum atomic E-state index is 12.1. The van der Waals surface area contributed by atoms with E-state index in [-0.39, 0.29) is 19.3 Å². The van der Waals surface area contributed by atoms with Crippen LogP contribution in [0.3, 0.4) is 0 Å². The van der Waals surface area contributed by atoms with Crippen molar-refractivity contribution in [2.75, 3.05) is 19.7 Å². The van der Waals surface area contributed by atoms with Gasteiger partial charge in [0.15, 0.2) is 17.6 Å². The van der Waals surface area contributed by atoms with Gasteiger partial charge in [-0.3, -0.25) is 0 Å². The number of alkyl halides is 3. The van der Waals surface area contributed by atoms with E-state index < -0.39 is 18.8 Å². The first-order valence-electron chi connectivity index (χ1n) is 5.81. The highest BCUT2D eigenvalue weighted by molar-refractivity contribution is 5.40. The molecule has 1 heterocycles. The zero-order valence-corrected chi connectivity index (χ0v) is 9.98. The van der Waals surface area contributed by atoms with Crippen molar-refractivity contribution in [2.45, 2.75) is 18.4 Å². The number of fused-ring (bicyclic) bond motifs is 1. The molecule has 0 aliphatic carbocycles. The van der Waals surface area contributed by atoms with Gasteiger partial charge in [0.1, 0.15) is 12.7 Å². The van der Waals surface area contributed by atoms with Crippen molar-refractivity contribution < 1.29 is 27.8 Å². The molecule has 1 aliphatic rings. The summed E-state index contributed by atoms with van der Waals surface area (Å²) in [5.74, 6) is 1.19. The summed E-state index contributed by atoms with van der Waals surface area (Å²) < 4.78 is 47.2. The smallest absolute Gasteiger partial charge is 0.415 e. The Morgan fingerprint density at radius 1 is 1.32 bits per heavy atom. The van der Waals surface area contributed by atoms with Crippen LogP contribution < -0.4 is 14.8 Å². The SMILES string of the molecule is O[C@@H](CNC[C@H]1COc2ccccc2O1)C(F)(F)F. The Bertz CT molecular complexity index is 425. The van der Waals surface area contributed by atoms with Gasteiger partial charge in [-0.25, -0.2) is 0 Å². The lowest BCUT2D eigenvalue weighted by Crippen LogP contribution is -2.44. The molecule has 1 aromatic rings. The Balaban J connectivity index is 1.77. The standard InChI is InChI=1S/C12H14F3NO3/c13-12(14,15)11(17)6-16-5-8-7-18-9-3-1-2-4-10(9)19-8/h1-4,8,11,16-17H,5-7H2/t8-,11-/m0/s1. The van der Waals surface area contributed by atoms with E-state index in [1.807, 2.05) is 0 Å². The van der Waals surface area contributed by atoms with Crippen LogP contribution in [0.2, 0.25) is 0 Å². The van der Waals surface area contributed by atoms with Crippen LogP contribution in [0.5, 0.6) is 11.5 Å². The van der Waals surface area contributed by atoms with E-state index in [1.165, 1.54) is 0 Å². The predicted molar refractivity (Wildman–Crippen MR) is 61.3 cm³/mol. The van der Waals surface area contributed by atoms with Gasteiger partial charge in [-0.15, -0.1) is 0 Å². The molecule has 0 unspecified atom stereocenters. The first-order valence-corrected chi connectivity index (χ1v) is 5.81. The molecule has 106 valence electrons. The van der Waals surface area contributed by atoms with Crippen molar-refractivity contribution in [2.24, 2.45) is 0 Å². The minimum absolute atomic E-state index is 0.168. The number of benzene rings is 1. The van der Waals surface area contributed by atoms with Crippen molar-refractivity contribution in [1.82, 2.24) is 5.32 Å². The van der Waals surface area contributed by atoms with E-state index in [9.17, 15) is 13.2 Å². The molecule has 1 aromatic carbocycles. The predicted octanol–water partition coefficient (Wildman–Crippen LogP) is 1.34. The Morgan fingerprint density at radius 3 is 2.68 bits per heavy atom. The first kappa shape index (κ1) is 14.0. The summed E-state index contributed by atoms with van der Waals surface area (Å²) in [5.41, 5.74) is 0. The zero-order valence-electron chi connectivity index (χ0n) is 9.98. The minimum Gasteiger partial charge on any atom is -0.486 e. The normalized spacial score (nSPS) is 20.1. The monoisotopic (exact) mass is 277 g/mol. The highest BCUT2D eigenvalue weighted by atomic mass is 19.4. The Hall–Kier alpha value is -1.47. The van der Waals surface area contributed by atoms with Crippen molar-refractivity contribution in [1.29, 1.82) is 0 Å². The second kappa shape index (κ2) is 5.66. The lowest BCUT2D eigenvalue weighted by atomic mass is 10.2. The fraction of sp³-hybridized carbons (Fsp3) is 0.500. The summed E-state index contributed by atoms with van der Waals surface area (Å²) in [6, 6.07) is 7.07. The van der Waals surface area contributed by atoms with Gasteiger partial charge in [0, 0.05) is 13.1 Å². The Morgan fingerprint density at radius 2 is 2.00 bits per heavy atom. The first-order chi connectivity index (χ1) is 8.97. The maximum absolute atomic E-state index is 12.1. The van der Waals surface area contributed by atoms with Gasteiger partial charge in [0.25, 0.3) is 0 Å². The Labute approximate surface area is 108 Å². The molecule has 2 atom stereocenters. The van der Waals surface area contributed by atoms with E-state index in [4.69, 9.17) is 14.6 Å². The third-order valence-electron chi connectivity index (χ3n) is 2.66. The van der Waals surface area contributed by atoms with Crippen molar-refractivity contribution in [3.63, 3.8) is 0 Å². The highest BCUT2D eigenvalue weighted by Gasteiger charge is 2.37. The molecule has 2 rings (SSSR count). The summed E-state index contributed by atoms with van der Waals surface area (Å²) in [6.45, 7) is -0.140. The van der Waals surface area contributed by atoms with Crippen LogP contribution in [0, 0.1) is 0 Å². The zero-order chi connectivity index (χ0) is 13.9. The lowest BCUT2D eigenvalue weighted by Gasteiger charge is -2.27. The van der Waals surface area contributed by atoms with Gasteiger partial charge in [0.05, 0.1) is 0 Å². The number of ether oxygens (including phenoxy) is 2. The average molecular weight is 277 g/mol. The summed E-state index contributed by atoms with van der Waals surface area (Å²) in [7, 11) is 0. The third-order valence-corrected chi connectivity index (χ3v) is 2.66. The molecular formula is C12H14F3NO3. The van der Waals surface area contributed by atoms with Crippen LogP contribution in [0.15, 0.2) is 24.3 Å². The van der Waals surface area contributed by atoms with Crippen molar-refractivity contribution in [3.8, 4) is 11.5 Å². The van der Waals surface area contributed by atoms with Crippen LogP contribution in [0.25, 0.3) is 0 Å². The topological polar surface area (TPSA) is 50.7 Å². The molecule has 7 heteroatoms.